The summed E-state index contributed by atoms with van der Waals surface area (Å²) in [7, 11) is 0. The zero-order chi connectivity index (χ0) is 16.5. The first-order chi connectivity index (χ1) is 11.7. The Morgan fingerprint density at radius 2 is 1.62 bits per heavy atom. The van der Waals surface area contributed by atoms with E-state index >= 15 is 0 Å². The van der Waals surface area contributed by atoms with E-state index in [1.54, 1.807) is 21.7 Å². The van der Waals surface area contributed by atoms with Crippen LogP contribution in [0.25, 0.3) is 5.69 Å². The van der Waals surface area contributed by atoms with Gasteiger partial charge < -0.3 is 4.90 Å². The SMILES string of the molecule is O=C(c1ccccc1)N1CCc2[nH]n(-c3ccccc3)c(=O)c2C1. The molecule has 0 spiro atoms. The van der Waals surface area contributed by atoms with Crippen LogP contribution in [0.3, 0.4) is 0 Å². The Kier molecular flexibility index (Phi) is 3.54. The number of hydrogen-bond acceptors (Lipinski definition) is 2. The van der Waals surface area contributed by atoms with E-state index in [4.69, 9.17) is 0 Å². The standard InChI is InChI=1S/C19H17N3O2/c23-18(14-7-3-1-4-8-14)21-12-11-17-16(13-21)19(24)22(20-17)15-9-5-2-6-10-15/h1-10,20H,11-13H2. The van der Waals surface area contributed by atoms with Crippen molar-refractivity contribution in [1.29, 1.82) is 0 Å². The number of nitrogens with one attached hydrogen (secondary N) is 1. The van der Waals surface area contributed by atoms with Crippen molar-refractivity contribution in [1.82, 2.24) is 14.7 Å². The lowest BCUT2D eigenvalue weighted by Crippen LogP contribution is -2.37. The number of H-pyrrole nitrogens is 1. The van der Waals surface area contributed by atoms with Crippen molar-refractivity contribution < 1.29 is 4.79 Å². The van der Waals surface area contributed by atoms with Crippen LogP contribution in [-0.4, -0.2) is 27.1 Å². The van der Waals surface area contributed by atoms with Crippen LogP contribution in [0.5, 0.6) is 0 Å². The van der Waals surface area contributed by atoms with E-state index < -0.39 is 0 Å². The Hall–Kier alpha value is -3.08. The van der Waals surface area contributed by atoms with E-state index in [1.165, 1.54) is 0 Å². The summed E-state index contributed by atoms with van der Waals surface area (Å²) in [5.74, 6) is -0.0342. The van der Waals surface area contributed by atoms with Crippen molar-refractivity contribution in [3.63, 3.8) is 0 Å². The summed E-state index contributed by atoms with van der Waals surface area (Å²) in [4.78, 5) is 27.1. The van der Waals surface area contributed by atoms with Crippen LogP contribution in [0.2, 0.25) is 0 Å². The second-order valence-corrected chi connectivity index (χ2v) is 5.89. The smallest absolute Gasteiger partial charge is 0.276 e. The van der Waals surface area contributed by atoms with Gasteiger partial charge in [0.1, 0.15) is 0 Å². The first-order valence-electron chi connectivity index (χ1n) is 7.96. The summed E-state index contributed by atoms with van der Waals surface area (Å²) in [5, 5.41) is 3.18. The van der Waals surface area contributed by atoms with Gasteiger partial charge in [-0.15, -0.1) is 0 Å². The van der Waals surface area contributed by atoms with E-state index in [0.717, 1.165) is 11.4 Å². The lowest BCUT2D eigenvalue weighted by atomic mass is 10.1. The molecule has 1 N–H and O–H groups in total. The molecular formula is C19H17N3O2. The molecule has 24 heavy (non-hydrogen) atoms. The number of para-hydroxylation sites is 1. The van der Waals surface area contributed by atoms with Gasteiger partial charge in [0.2, 0.25) is 0 Å². The average molecular weight is 319 g/mol. The number of carbonyl (C=O) groups is 1. The first-order valence-corrected chi connectivity index (χ1v) is 7.96. The third-order valence-corrected chi connectivity index (χ3v) is 4.38. The Bertz CT molecular complexity index is 926. The second kappa shape index (κ2) is 5.85. The summed E-state index contributed by atoms with van der Waals surface area (Å²) in [5.41, 5.74) is 2.97. The Labute approximate surface area is 139 Å². The van der Waals surface area contributed by atoms with Crippen molar-refractivity contribution in [3.05, 3.63) is 87.8 Å². The van der Waals surface area contributed by atoms with E-state index in [0.29, 0.717) is 30.6 Å². The highest BCUT2D eigenvalue weighted by atomic mass is 16.2. The minimum absolute atomic E-state index is 0.0342. The minimum atomic E-state index is -0.0817. The molecule has 1 aliphatic rings. The molecule has 0 bridgehead atoms. The predicted octanol–water partition coefficient (Wildman–Crippen LogP) is 2.36. The molecular weight excluding hydrogens is 302 g/mol. The molecule has 1 aliphatic heterocycles. The van der Waals surface area contributed by atoms with Gasteiger partial charge in [0, 0.05) is 24.2 Å². The lowest BCUT2D eigenvalue weighted by Gasteiger charge is -2.26. The van der Waals surface area contributed by atoms with Gasteiger partial charge in [-0.25, -0.2) is 4.68 Å². The number of aromatic nitrogens is 2. The van der Waals surface area contributed by atoms with Crippen molar-refractivity contribution >= 4 is 5.91 Å². The number of carbonyl (C=O) groups excluding carboxylic acids is 1. The van der Waals surface area contributed by atoms with Gasteiger partial charge in [0.15, 0.2) is 0 Å². The lowest BCUT2D eigenvalue weighted by molar-refractivity contribution is 0.0734. The van der Waals surface area contributed by atoms with Gasteiger partial charge >= 0.3 is 0 Å². The molecule has 3 aromatic rings. The Balaban J connectivity index is 1.65. The third kappa shape index (κ3) is 2.44. The van der Waals surface area contributed by atoms with Crippen molar-refractivity contribution in [2.75, 3.05) is 6.54 Å². The molecule has 0 atom stereocenters. The fourth-order valence-electron chi connectivity index (χ4n) is 3.10. The maximum Gasteiger partial charge on any atom is 0.276 e. The Morgan fingerprint density at radius 3 is 2.33 bits per heavy atom. The van der Waals surface area contributed by atoms with Crippen LogP contribution in [0, 0.1) is 0 Å². The van der Waals surface area contributed by atoms with E-state index in [-0.39, 0.29) is 11.5 Å². The highest BCUT2D eigenvalue weighted by Gasteiger charge is 2.26. The highest BCUT2D eigenvalue weighted by Crippen LogP contribution is 2.18. The fourth-order valence-corrected chi connectivity index (χ4v) is 3.10. The monoisotopic (exact) mass is 319 g/mol. The van der Waals surface area contributed by atoms with Crippen LogP contribution in [0.15, 0.2) is 65.5 Å². The van der Waals surface area contributed by atoms with Crippen LogP contribution in [-0.2, 0) is 13.0 Å². The largest absolute Gasteiger partial charge is 0.334 e. The molecule has 0 fully saturated rings. The van der Waals surface area contributed by atoms with Crippen LogP contribution in [0.1, 0.15) is 21.6 Å². The van der Waals surface area contributed by atoms with Gasteiger partial charge in [-0.3, -0.25) is 14.7 Å². The van der Waals surface area contributed by atoms with Gasteiger partial charge in [-0.1, -0.05) is 36.4 Å². The molecule has 1 amide bonds. The maximum atomic E-state index is 12.7. The second-order valence-electron chi connectivity index (χ2n) is 5.89. The molecule has 0 aliphatic carbocycles. The van der Waals surface area contributed by atoms with E-state index in [2.05, 4.69) is 5.10 Å². The molecule has 0 radical (unpaired) electrons. The topological polar surface area (TPSA) is 58.1 Å². The van der Waals surface area contributed by atoms with E-state index in [9.17, 15) is 9.59 Å². The molecule has 0 saturated heterocycles. The molecule has 0 saturated carbocycles. The molecule has 0 unspecified atom stereocenters. The number of benzene rings is 2. The molecule has 1 aromatic heterocycles. The first kappa shape index (κ1) is 14.5. The summed E-state index contributed by atoms with van der Waals surface area (Å²) in [6, 6.07) is 18.7. The van der Waals surface area contributed by atoms with Crippen molar-refractivity contribution in [2.45, 2.75) is 13.0 Å². The van der Waals surface area contributed by atoms with Gasteiger partial charge in [0.25, 0.3) is 11.5 Å². The number of amides is 1. The number of fused-ring (bicyclic) bond motifs is 1. The zero-order valence-corrected chi connectivity index (χ0v) is 13.1. The zero-order valence-electron chi connectivity index (χ0n) is 13.1. The Morgan fingerprint density at radius 1 is 0.958 bits per heavy atom. The van der Waals surface area contributed by atoms with Gasteiger partial charge in [-0.2, -0.15) is 0 Å². The molecule has 2 heterocycles. The fraction of sp³-hybridized carbons (Fsp3) is 0.158. The van der Waals surface area contributed by atoms with Crippen LogP contribution in [0.4, 0.5) is 0 Å². The van der Waals surface area contributed by atoms with Gasteiger partial charge in [-0.05, 0) is 24.3 Å². The van der Waals surface area contributed by atoms with Crippen molar-refractivity contribution in [2.24, 2.45) is 0 Å². The number of aromatic amines is 1. The molecule has 5 nitrogen and oxygen atoms in total. The number of nitrogens with zero attached hydrogens (tertiary/aromatic N) is 2. The van der Waals surface area contributed by atoms with Crippen molar-refractivity contribution in [3.8, 4) is 5.69 Å². The maximum absolute atomic E-state index is 12.7. The van der Waals surface area contributed by atoms with E-state index in [1.807, 2.05) is 48.5 Å². The number of hydrogen-bond donors (Lipinski definition) is 1. The summed E-state index contributed by atoms with van der Waals surface area (Å²) < 4.78 is 1.56. The molecule has 4 rings (SSSR count). The summed E-state index contributed by atoms with van der Waals surface area (Å²) in [6.07, 6.45) is 0.656. The highest BCUT2D eigenvalue weighted by molar-refractivity contribution is 5.94. The summed E-state index contributed by atoms with van der Waals surface area (Å²) in [6.45, 7) is 0.952. The van der Waals surface area contributed by atoms with Crippen LogP contribution >= 0.6 is 0 Å². The average Bonchev–Trinajstić information content (AvgIpc) is 2.99. The molecule has 120 valence electrons. The molecule has 2 aromatic carbocycles. The number of rotatable bonds is 2. The molecule has 5 heteroatoms. The quantitative estimate of drug-likeness (QED) is 0.788. The minimum Gasteiger partial charge on any atom is -0.334 e. The summed E-state index contributed by atoms with van der Waals surface area (Å²) >= 11 is 0. The van der Waals surface area contributed by atoms with Crippen LogP contribution < -0.4 is 5.56 Å². The third-order valence-electron chi connectivity index (χ3n) is 4.38. The van der Waals surface area contributed by atoms with Gasteiger partial charge in [0.05, 0.1) is 17.8 Å². The normalized spacial score (nSPS) is 13.6. The predicted molar refractivity (Wildman–Crippen MR) is 91.3 cm³/mol.